The molecule has 2 heterocycles. The summed E-state index contributed by atoms with van der Waals surface area (Å²) in [5, 5.41) is -0.312. The highest BCUT2D eigenvalue weighted by Gasteiger charge is 2.39. The summed E-state index contributed by atoms with van der Waals surface area (Å²) < 4.78 is 81.8. The third kappa shape index (κ3) is 3.76. The van der Waals surface area contributed by atoms with E-state index in [2.05, 4.69) is 4.98 Å². The second-order valence-corrected chi connectivity index (χ2v) is 7.87. The van der Waals surface area contributed by atoms with E-state index in [4.69, 9.17) is 16.3 Å². The lowest BCUT2D eigenvalue weighted by Crippen LogP contribution is -2.56. The van der Waals surface area contributed by atoms with Crippen LogP contribution in [0.1, 0.15) is 5.56 Å². The fraction of sp³-hybridized carbons (Fsp3) is 0.267. The van der Waals surface area contributed by atoms with Crippen LogP contribution in [-0.2, 0) is 16.2 Å². The van der Waals surface area contributed by atoms with Gasteiger partial charge in [0.25, 0.3) is 0 Å². The average molecular weight is 411 g/mol. The molecule has 2 aromatic rings. The molecule has 1 aliphatic rings. The van der Waals surface area contributed by atoms with Crippen molar-refractivity contribution in [3.8, 4) is 5.88 Å². The largest absolute Gasteiger partial charge is 0.472 e. The highest BCUT2D eigenvalue weighted by molar-refractivity contribution is 7.89. The highest BCUT2D eigenvalue weighted by Crippen LogP contribution is 2.30. The number of ether oxygens (including phenoxy) is 1. The fourth-order valence-electron chi connectivity index (χ4n) is 2.25. The minimum absolute atomic E-state index is 0.0139. The molecule has 0 saturated carbocycles. The molecule has 0 radical (unpaired) electrons. The van der Waals surface area contributed by atoms with Gasteiger partial charge in [-0.3, -0.25) is 0 Å². The number of pyridine rings is 1. The van der Waals surface area contributed by atoms with Crippen molar-refractivity contribution in [3.63, 3.8) is 0 Å². The first-order valence-corrected chi connectivity index (χ1v) is 9.04. The van der Waals surface area contributed by atoms with Gasteiger partial charge in [-0.1, -0.05) is 11.6 Å². The minimum atomic E-state index is -4.50. The lowest BCUT2D eigenvalue weighted by molar-refractivity contribution is -0.137. The van der Waals surface area contributed by atoms with Crippen LogP contribution < -0.4 is 4.74 Å². The number of hydrogen-bond donors (Lipinski definition) is 0. The van der Waals surface area contributed by atoms with Gasteiger partial charge in [-0.2, -0.15) is 17.5 Å². The molecular formula is C15H11ClF4N2O3S. The Kier molecular flexibility index (Phi) is 4.84. The minimum Gasteiger partial charge on any atom is -0.472 e. The zero-order valence-electron chi connectivity index (χ0n) is 12.9. The first-order chi connectivity index (χ1) is 12.1. The van der Waals surface area contributed by atoms with Crippen LogP contribution >= 0.6 is 11.6 Å². The summed E-state index contributed by atoms with van der Waals surface area (Å²) in [6.45, 7) is -0.0277. The van der Waals surface area contributed by atoms with Crippen LogP contribution in [0, 0.1) is 5.82 Å². The molecule has 0 atom stereocenters. The Morgan fingerprint density at radius 2 is 1.88 bits per heavy atom. The van der Waals surface area contributed by atoms with Crippen LogP contribution in [0.5, 0.6) is 5.88 Å². The predicted octanol–water partition coefficient (Wildman–Crippen LogP) is 3.34. The lowest BCUT2D eigenvalue weighted by atomic mass is 10.2. The smallest absolute Gasteiger partial charge is 0.417 e. The summed E-state index contributed by atoms with van der Waals surface area (Å²) >= 11 is 5.60. The number of sulfonamides is 1. The van der Waals surface area contributed by atoms with E-state index in [1.54, 1.807) is 0 Å². The normalized spacial score (nSPS) is 16.3. The fourth-order valence-corrected chi connectivity index (χ4v) is 4.02. The molecule has 0 bridgehead atoms. The molecule has 26 heavy (non-hydrogen) atoms. The van der Waals surface area contributed by atoms with Crippen LogP contribution in [0.2, 0.25) is 5.02 Å². The van der Waals surface area contributed by atoms with E-state index in [0.717, 1.165) is 34.6 Å². The van der Waals surface area contributed by atoms with Gasteiger partial charge in [0.15, 0.2) is 0 Å². The molecule has 1 aromatic carbocycles. The predicted molar refractivity (Wildman–Crippen MR) is 83.8 cm³/mol. The maximum absolute atomic E-state index is 13.2. The molecule has 11 heteroatoms. The van der Waals surface area contributed by atoms with Gasteiger partial charge in [0.1, 0.15) is 11.9 Å². The van der Waals surface area contributed by atoms with Crippen molar-refractivity contribution < 1.29 is 30.7 Å². The van der Waals surface area contributed by atoms with Crippen molar-refractivity contribution in [1.82, 2.24) is 9.29 Å². The Labute approximate surface area is 151 Å². The van der Waals surface area contributed by atoms with Crippen molar-refractivity contribution in [2.24, 2.45) is 0 Å². The number of halogens is 5. The van der Waals surface area contributed by atoms with Gasteiger partial charge in [0, 0.05) is 12.3 Å². The zero-order valence-corrected chi connectivity index (χ0v) is 14.4. The maximum Gasteiger partial charge on any atom is 0.417 e. The quantitative estimate of drug-likeness (QED) is 0.725. The lowest BCUT2D eigenvalue weighted by Gasteiger charge is -2.37. The summed E-state index contributed by atoms with van der Waals surface area (Å²) in [6.07, 6.45) is -4.41. The second-order valence-electron chi connectivity index (χ2n) is 5.52. The summed E-state index contributed by atoms with van der Waals surface area (Å²) in [5.41, 5.74) is -0.907. The number of nitrogens with zero attached hydrogens (tertiary/aromatic N) is 2. The van der Waals surface area contributed by atoms with Gasteiger partial charge in [-0.25, -0.2) is 17.8 Å². The van der Waals surface area contributed by atoms with Gasteiger partial charge in [-0.05, 0) is 24.3 Å². The van der Waals surface area contributed by atoms with Gasteiger partial charge in [0.2, 0.25) is 15.9 Å². The standard InChI is InChI=1S/C15H11ClF4N2O3S/c16-12-5-11(2-3-13(12)17)26(23,24)22-7-10(8-22)25-14-4-1-9(6-21-14)15(18,19)20/h1-6,10H,7-8H2. The van der Waals surface area contributed by atoms with E-state index in [-0.39, 0.29) is 28.9 Å². The first-order valence-electron chi connectivity index (χ1n) is 7.22. The highest BCUT2D eigenvalue weighted by atomic mass is 35.5. The molecule has 1 fully saturated rings. The van der Waals surface area contributed by atoms with E-state index in [1.165, 1.54) is 0 Å². The molecule has 0 N–H and O–H groups in total. The number of hydrogen-bond acceptors (Lipinski definition) is 4. The average Bonchev–Trinajstić information content (AvgIpc) is 2.52. The van der Waals surface area contributed by atoms with Crippen LogP contribution in [0.3, 0.4) is 0 Å². The zero-order chi connectivity index (χ0) is 19.1. The first kappa shape index (κ1) is 18.9. The Hall–Kier alpha value is -1.91. The summed E-state index contributed by atoms with van der Waals surface area (Å²) in [7, 11) is -3.86. The number of benzene rings is 1. The van der Waals surface area contributed by atoms with E-state index >= 15 is 0 Å². The number of alkyl halides is 3. The van der Waals surface area contributed by atoms with Gasteiger partial charge in [-0.15, -0.1) is 0 Å². The van der Waals surface area contributed by atoms with Crippen molar-refractivity contribution in [3.05, 3.63) is 52.9 Å². The van der Waals surface area contributed by atoms with E-state index in [9.17, 15) is 26.0 Å². The number of rotatable bonds is 4. The Morgan fingerprint density at radius 3 is 2.42 bits per heavy atom. The molecule has 0 unspecified atom stereocenters. The van der Waals surface area contributed by atoms with Crippen LogP contribution in [0.4, 0.5) is 17.6 Å². The van der Waals surface area contributed by atoms with E-state index < -0.39 is 33.7 Å². The van der Waals surface area contributed by atoms with Gasteiger partial charge in [0.05, 0.1) is 28.6 Å². The topological polar surface area (TPSA) is 59.5 Å². The van der Waals surface area contributed by atoms with Crippen molar-refractivity contribution in [2.75, 3.05) is 13.1 Å². The Balaban J connectivity index is 1.62. The third-order valence-corrected chi connectivity index (χ3v) is 5.81. The molecule has 3 rings (SSSR count). The van der Waals surface area contributed by atoms with Crippen molar-refractivity contribution in [1.29, 1.82) is 0 Å². The van der Waals surface area contributed by atoms with Gasteiger partial charge < -0.3 is 4.74 Å². The monoisotopic (exact) mass is 410 g/mol. The third-order valence-electron chi connectivity index (χ3n) is 3.69. The van der Waals surface area contributed by atoms with Crippen LogP contribution in [-0.4, -0.2) is 36.9 Å². The molecule has 1 aromatic heterocycles. The number of aromatic nitrogens is 1. The molecular weight excluding hydrogens is 400 g/mol. The summed E-state index contributed by atoms with van der Waals surface area (Å²) in [5.74, 6) is -0.770. The maximum atomic E-state index is 13.2. The SMILES string of the molecule is O=S(=O)(c1ccc(F)c(Cl)c1)N1CC(Oc2ccc(C(F)(F)F)cn2)C1. The molecule has 0 spiro atoms. The second kappa shape index (κ2) is 6.67. The summed E-state index contributed by atoms with van der Waals surface area (Å²) in [4.78, 5) is 3.41. The van der Waals surface area contributed by atoms with Crippen molar-refractivity contribution in [2.45, 2.75) is 17.2 Å². The van der Waals surface area contributed by atoms with E-state index in [1.807, 2.05) is 0 Å². The Morgan fingerprint density at radius 1 is 1.19 bits per heavy atom. The van der Waals surface area contributed by atoms with Crippen LogP contribution in [0.15, 0.2) is 41.4 Å². The molecule has 5 nitrogen and oxygen atoms in total. The molecule has 1 saturated heterocycles. The van der Waals surface area contributed by atoms with Crippen LogP contribution in [0.25, 0.3) is 0 Å². The van der Waals surface area contributed by atoms with Gasteiger partial charge >= 0.3 is 6.18 Å². The molecule has 0 aliphatic carbocycles. The van der Waals surface area contributed by atoms with Crippen molar-refractivity contribution >= 4 is 21.6 Å². The molecule has 140 valence electrons. The van der Waals surface area contributed by atoms with E-state index in [0.29, 0.717) is 6.20 Å². The molecule has 1 aliphatic heterocycles. The Bertz CT molecular complexity index is 913. The molecule has 0 amide bonds. The summed E-state index contributed by atoms with van der Waals surface area (Å²) in [6, 6.07) is 4.96.